The van der Waals surface area contributed by atoms with Crippen LogP contribution < -0.4 is 19.5 Å². The summed E-state index contributed by atoms with van der Waals surface area (Å²) < 4.78 is 89.1. The molecule has 1 aliphatic heterocycles. The van der Waals surface area contributed by atoms with Gasteiger partial charge in [0, 0.05) is 18.7 Å². The standard InChI is InChI=1S/C20H19F6NO4/c1-29-17-5-3-13(30-7-6-19(21,22)23)9-16(17)18(28)11-27-10-12-8-14(2-4-15(12)18)31-20(24,25)26/h2-5,8-9,27-28H,6-7,10-11H2,1H3. The van der Waals surface area contributed by atoms with E-state index in [1.807, 2.05) is 0 Å². The topological polar surface area (TPSA) is 60.0 Å². The second-order valence-electron chi connectivity index (χ2n) is 6.91. The van der Waals surface area contributed by atoms with E-state index < -0.39 is 36.9 Å². The average molecular weight is 451 g/mol. The van der Waals surface area contributed by atoms with E-state index in [-0.39, 0.29) is 30.2 Å². The number of β-amino-alcohol motifs (C(OH)–C–C–N with tert-alkyl or cyclic N) is 1. The molecule has 2 N–H and O–H groups in total. The molecule has 1 aliphatic rings. The monoisotopic (exact) mass is 451 g/mol. The van der Waals surface area contributed by atoms with E-state index in [9.17, 15) is 31.4 Å². The second kappa shape index (κ2) is 8.46. The molecule has 1 unspecified atom stereocenters. The summed E-state index contributed by atoms with van der Waals surface area (Å²) in [6.45, 7) is -0.445. The maximum Gasteiger partial charge on any atom is 0.573 e. The fourth-order valence-electron chi connectivity index (χ4n) is 3.42. The number of hydrogen-bond donors (Lipinski definition) is 2. The van der Waals surface area contributed by atoms with Gasteiger partial charge in [0.1, 0.15) is 22.8 Å². The zero-order valence-electron chi connectivity index (χ0n) is 16.2. The number of fused-ring (bicyclic) bond motifs is 1. The molecule has 11 heteroatoms. The first-order chi connectivity index (χ1) is 14.4. The van der Waals surface area contributed by atoms with Gasteiger partial charge in [0.05, 0.1) is 20.1 Å². The minimum atomic E-state index is -4.86. The predicted molar refractivity (Wildman–Crippen MR) is 97.0 cm³/mol. The maximum atomic E-state index is 12.5. The van der Waals surface area contributed by atoms with E-state index in [4.69, 9.17) is 9.47 Å². The van der Waals surface area contributed by atoms with Gasteiger partial charge in [-0.15, -0.1) is 13.2 Å². The normalized spacial score (nSPS) is 19.0. The van der Waals surface area contributed by atoms with Gasteiger partial charge in [-0.2, -0.15) is 13.2 Å². The van der Waals surface area contributed by atoms with Crippen LogP contribution in [0, 0.1) is 0 Å². The molecule has 31 heavy (non-hydrogen) atoms. The highest BCUT2D eigenvalue weighted by molar-refractivity contribution is 5.53. The molecule has 0 saturated heterocycles. The van der Waals surface area contributed by atoms with E-state index in [2.05, 4.69) is 10.1 Å². The van der Waals surface area contributed by atoms with Crippen molar-refractivity contribution >= 4 is 0 Å². The predicted octanol–water partition coefficient (Wildman–Crippen LogP) is 4.26. The third kappa shape index (κ3) is 5.53. The fourth-order valence-corrected chi connectivity index (χ4v) is 3.42. The van der Waals surface area contributed by atoms with Crippen molar-refractivity contribution in [1.82, 2.24) is 5.32 Å². The lowest BCUT2D eigenvalue weighted by Gasteiger charge is -2.36. The van der Waals surface area contributed by atoms with Gasteiger partial charge < -0.3 is 24.6 Å². The molecule has 0 aliphatic carbocycles. The maximum absolute atomic E-state index is 12.5. The molecule has 0 bridgehead atoms. The average Bonchev–Trinajstić information content (AvgIpc) is 2.65. The van der Waals surface area contributed by atoms with E-state index in [1.165, 1.54) is 31.4 Å². The molecule has 1 atom stereocenters. The Morgan fingerprint density at radius 2 is 1.71 bits per heavy atom. The number of aliphatic hydroxyl groups is 1. The molecule has 2 aromatic rings. The molecule has 0 amide bonds. The fraction of sp³-hybridized carbons (Fsp3) is 0.400. The Morgan fingerprint density at radius 3 is 2.35 bits per heavy atom. The van der Waals surface area contributed by atoms with E-state index in [1.54, 1.807) is 0 Å². The number of methoxy groups -OCH3 is 1. The van der Waals surface area contributed by atoms with Crippen molar-refractivity contribution in [2.24, 2.45) is 0 Å². The number of benzene rings is 2. The van der Waals surface area contributed by atoms with Crippen molar-refractivity contribution in [2.45, 2.75) is 31.1 Å². The summed E-state index contributed by atoms with van der Waals surface area (Å²) in [6.07, 6.45) is -10.4. The van der Waals surface area contributed by atoms with Gasteiger partial charge >= 0.3 is 12.5 Å². The zero-order valence-corrected chi connectivity index (χ0v) is 16.2. The number of hydrogen-bond acceptors (Lipinski definition) is 5. The quantitative estimate of drug-likeness (QED) is 0.643. The minimum Gasteiger partial charge on any atom is -0.496 e. The van der Waals surface area contributed by atoms with Crippen LogP contribution in [-0.2, 0) is 12.1 Å². The Bertz CT molecular complexity index is 931. The van der Waals surface area contributed by atoms with Gasteiger partial charge in [-0.05, 0) is 41.5 Å². The van der Waals surface area contributed by atoms with Crippen molar-refractivity contribution in [3.63, 3.8) is 0 Å². The molecule has 0 saturated carbocycles. The van der Waals surface area contributed by atoms with Crippen molar-refractivity contribution in [1.29, 1.82) is 0 Å². The lowest BCUT2D eigenvalue weighted by Crippen LogP contribution is -2.44. The first-order valence-electron chi connectivity index (χ1n) is 9.11. The van der Waals surface area contributed by atoms with Crippen molar-refractivity contribution < 1.29 is 45.7 Å². The second-order valence-corrected chi connectivity index (χ2v) is 6.91. The molecule has 0 radical (unpaired) electrons. The summed E-state index contributed by atoms with van der Waals surface area (Å²) in [7, 11) is 1.35. The van der Waals surface area contributed by atoms with Crippen LogP contribution in [0.2, 0.25) is 0 Å². The van der Waals surface area contributed by atoms with Gasteiger partial charge in [0.15, 0.2) is 0 Å². The molecule has 0 fully saturated rings. The first-order valence-corrected chi connectivity index (χ1v) is 9.11. The number of rotatable bonds is 6. The van der Waals surface area contributed by atoms with Gasteiger partial charge in [-0.1, -0.05) is 6.07 Å². The SMILES string of the molecule is COc1ccc(OCCC(F)(F)F)cc1C1(O)CNCc2cc(OC(F)(F)F)ccc21. The van der Waals surface area contributed by atoms with Crippen LogP contribution in [0.15, 0.2) is 36.4 Å². The van der Waals surface area contributed by atoms with E-state index in [0.29, 0.717) is 11.1 Å². The summed E-state index contributed by atoms with van der Waals surface area (Å²) in [6, 6.07) is 7.75. The van der Waals surface area contributed by atoms with E-state index in [0.717, 1.165) is 12.1 Å². The molecule has 3 rings (SSSR count). The third-order valence-electron chi connectivity index (χ3n) is 4.72. The van der Waals surface area contributed by atoms with Crippen LogP contribution in [0.25, 0.3) is 0 Å². The molecule has 0 spiro atoms. The third-order valence-corrected chi connectivity index (χ3v) is 4.72. The van der Waals surface area contributed by atoms with Crippen LogP contribution in [0.1, 0.15) is 23.1 Å². The van der Waals surface area contributed by atoms with E-state index >= 15 is 0 Å². The summed E-state index contributed by atoms with van der Waals surface area (Å²) >= 11 is 0. The Labute approximate surface area is 173 Å². The summed E-state index contributed by atoms with van der Waals surface area (Å²) in [5, 5.41) is 14.4. The van der Waals surface area contributed by atoms with Crippen LogP contribution in [0.3, 0.4) is 0 Å². The first kappa shape index (κ1) is 23.0. The Kier molecular flexibility index (Phi) is 6.28. The molecule has 1 heterocycles. The smallest absolute Gasteiger partial charge is 0.496 e. The number of nitrogens with one attached hydrogen (secondary N) is 1. The molecule has 2 aromatic carbocycles. The van der Waals surface area contributed by atoms with Gasteiger partial charge in [-0.3, -0.25) is 0 Å². The van der Waals surface area contributed by atoms with Crippen LogP contribution in [0.4, 0.5) is 26.3 Å². The van der Waals surface area contributed by atoms with Gasteiger partial charge in [0.25, 0.3) is 0 Å². The highest BCUT2D eigenvalue weighted by Crippen LogP contribution is 2.42. The van der Waals surface area contributed by atoms with Gasteiger partial charge in [-0.25, -0.2) is 0 Å². The Balaban J connectivity index is 1.95. The molecular formula is C20H19F6NO4. The summed E-state index contributed by atoms with van der Waals surface area (Å²) in [4.78, 5) is 0. The van der Waals surface area contributed by atoms with Gasteiger partial charge in [0.2, 0.25) is 0 Å². The highest BCUT2D eigenvalue weighted by atomic mass is 19.4. The molecule has 0 aromatic heterocycles. The van der Waals surface area contributed by atoms with Crippen LogP contribution in [0.5, 0.6) is 17.2 Å². The van der Waals surface area contributed by atoms with Crippen molar-refractivity contribution in [2.75, 3.05) is 20.3 Å². The van der Waals surface area contributed by atoms with Crippen LogP contribution in [-0.4, -0.2) is 37.9 Å². The Hall–Kier alpha value is -2.66. The van der Waals surface area contributed by atoms with Crippen LogP contribution >= 0.6 is 0 Å². The molecular weight excluding hydrogens is 432 g/mol. The van der Waals surface area contributed by atoms with Crippen molar-refractivity contribution in [3.8, 4) is 17.2 Å². The largest absolute Gasteiger partial charge is 0.573 e. The summed E-state index contributed by atoms with van der Waals surface area (Å²) in [5.41, 5.74) is -0.871. The summed E-state index contributed by atoms with van der Waals surface area (Å²) in [5.74, 6) is -0.123. The van der Waals surface area contributed by atoms with Crippen molar-refractivity contribution in [3.05, 3.63) is 53.1 Å². The highest BCUT2D eigenvalue weighted by Gasteiger charge is 2.40. The minimum absolute atomic E-state index is 0.0121. The number of ether oxygens (including phenoxy) is 3. The molecule has 5 nitrogen and oxygen atoms in total. The molecule has 170 valence electrons. The number of alkyl halides is 6. The Morgan fingerprint density at radius 1 is 1.00 bits per heavy atom. The lowest BCUT2D eigenvalue weighted by atomic mass is 9.80. The number of halogens is 6. The zero-order chi connectivity index (χ0) is 22.9. The lowest BCUT2D eigenvalue weighted by molar-refractivity contribution is -0.274.